The number of carboxylic acid groups (broad SMARTS) is 1. The topological polar surface area (TPSA) is 107 Å². The molecule has 146 valence electrons. The van der Waals surface area contributed by atoms with Crippen LogP contribution in [0.15, 0.2) is 36.4 Å². The first kappa shape index (κ1) is 20.5. The number of likely N-dealkylation sites (tertiary alicyclic amines) is 1. The monoisotopic (exact) mass is 375 g/mol. The molecule has 3 N–H and O–H groups in total. The lowest BCUT2D eigenvalue weighted by Gasteiger charge is -2.25. The summed E-state index contributed by atoms with van der Waals surface area (Å²) in [6.45, 7) is 4.74. The van der Waals surface area contributed by atoms with Crippen molar-refractivity contribution in [1.29, 1.82) is 0 Å². The Morgan fingerprint density at radius 2 is 1.96 bits per heavy atom. The second-order valence-electron chi connectivity index (χ2n) is 6.52. The van der Waals surface area contributed by atoms with Crippen LogP contribution in [0.3, 0.4) is 0 Å². The molecule has 0 spiro atoms. The van der Waals surface area contributed by atoms with Crippen molar-refractivity contribution in [2.75, 3.05) is 19.7 Å². The third kappa shape index (κ3) is 6.45. The number of aliphatic carboxylic acids is 1. The number of carbonyl (C=O) groups is 2. The molecule has 1 saturated heterocycles. The van der Waals surface area contributed by atoms with Crippen molar-refractivity contribution >= 4 is 18.0 Å². The Morgan fingerprint density at radius 3 is 2.59 bits per heavy atom. The van der Waals surface area contributed by atoms with Gasteiger partial charge >= 0.3 is 5.97 Å². The van der Waals surface area contributed by atoms with Crippen LogP contribution >= 0.6 is 0 Å². The molecule has 1 atom stereocenters. The van der Waals surface area contributed by atoms with E-state index in [-0.39, 0.29) is 30.3 Å². The molecule has 0 saturated carbocycles. The summed E-state index contributed by atoms with van der Waals surface area (Å²) in [7, 11) is 0. The number of aliphatic hydroxyl groups is 1. The van der Waals surface area contributed by atoms with Gasteiger partial charge in [-0.15, -0.1) is 0 Å². The molecule has 27 heavy (non-hydrogen) atoms. The van der Waals surface area contributed by atoms with E-state index in [1.54, 1.807) is 23.1 Å². The maximum atomic E-state index is 12.1. The van der Waals surface area contributed by atoms with E-state index in [1.165, 1.54) is 12.1 Å². The number of hydrogen-bond donors (Lipinski definition) is 3. The average molecular weight is 375 g/mol. The summed E-state index contributed by atoms with van der Waals surface area (Å²) in [5.74, 6) is -0.968. The van der Waals surface area contributed by atoms with Crippen molar-refractivity contribution in [1.82, 2.24) is 4.90 Å². The van der Waals surface area contributed by atoms with Crippen LogP contribution in [0.5, 0.6) is 11.5 Å². The zero-order valence-electron chi connectivity index (χ0n) is 15.1. The van der Waals surface area contributed by atoms with Gasteiger partial charge in [0, 0.05) is 42.8 Å². The highest BCUT2D eigenvalue weighted by Crippen LogP contribution is 2.25. The number of carbonyl (C=O) groups excluding carboxylic acids is 1. The predicted molar refractivity (Wildman–Crippen MR) is 100 cm³/mol. The summed E-state index contributed by atoms with van der Waals surface area (Å²) in [4.78, 5) is 24.6. The Morgan fingerprint density at radius 1 is 1.26 bits per heavy atom. The molecule has 0 radical (unpaired) electrons. The summed E-state index contributed by atoms with van der Waals surface area (Å²) in [5.41, 5.74) is 0.375. The first-order valence-corrected chi connectivity index (χ1v) is 8.88. The standard InChI is InChI=1S/C20H25NO6/c1-14(20(25)26)11-16(22)13-27-17-7-5-15(18(23)12-17)6-8-19(24)21-9-3-2-4-10-21/h5-8,12,16,22-23H,1-4,9-11,13H2,(H,25,26). The van der Waals surface area contributed by atoms with Crippen molar-refractivity contribution in [2.45, 2.75) is 31.8 Å². The van der Waals surface area contributed by atoms with Gasteiger partial charge in [0.15, 0.2) is 0 Å². The van der Waals surface area contributed by atoms with Crippen molar-refractivity contribution in [3.63, 3.8) is 0 Å². The van der Waals surface area contributed by atoms with Gasteiger partial charge in [-0.3, -0.25) is 4.79 Å². The van der Waals surface area contributed by atoms with E-state index in [9.17, 15) is 19.8 Å². The number of aromatic hydroxyl groups is 1. The highest BCUT2D eigenvalue weighted by molar-refractivity contribution is 5.92. The summed E-state index contributed by atoms with van der Waals surface area (Å²) >= 11 is 0. The number of benzene rings is 1. The molecule has 1 aliphatic heterocycles. The van der Waals surface area contributed by atoms with Gasteiger partial charge in [0.05, 0.1) is 6.10 Å². The number of rotatable bonds is 8. The largest absolute Gasteiger partial charge is 0.507 e. The number of ether oxygens (including phenoxy) is 1. The molecular weight excluding hydrogens is 350 g/mol. The number of amides is 1. The number of aliphatic hydroxyl groups excluding tert-OH is 1. The van der Waals surface area contributed by atoms with Crippen molar-refractivity contribution in [3.05, 3.63) is 42.0 Å². The fourth-order valence-electron chi connectivity index (χ4n) is 2.76. The molecule has 1 aliphatic rings. The van der Waals surface area contributed by atoms with Crippen LogP contribution in [0.1, 0.15) is 31.2 Å². The molecule has 0 aromatic heterocycles. The minimum Gasteiger partial charge on any atom is -0.507 e. The van der Waals surface area contributed by atoms with Crippen LogP contribution in [0, 0.1) is 0 Å². The van der Waals surface area contributed by atoms with E-state index in [0.717, 1.165) is 32.4 Å². The summed E-state index contributed by atoms with van der Waals surface area (Å²) in [6.07, 6.45) is 5.06. The minimum atomic E-state index is -1.16. The fourth-order valence-corrected chi connectivity index (χ4v) is 2.76. The maximum absolute atomic E-state index is 12.1. The van der Waals surface area contributed by atoms with Crippen molar-refractivity contribution in [2.24, 2.45) is 0 Å². The predicted octanol–water partition coefficient (Wildman–Crippen LogP) is 2.19. The molecule has 1 fully saturated rings. The molecule has 1 amide bonds. The van der Waals surface area contributed by atoms with Crippen molar-refractivity contribution in [3.8, 4) is 11.5 Å². The smallest absolute Gasteiger partial charge is 0.331 e. The van der Waals surface area contributed by atoms with E-state index in [2.05, 4.69) is 6.58 Å². The second-order valence-corrected chi connectivity index (χ2v) is 6.52. The van der Waals surface area contributed by atoms with Crippen LogP contribution in [0.2, 0.25) is 0 Å². The Kier molecular flexibility index (Phi) is 7.43. The minimum absolute atomic E-state index is 0.0559. The van der Waals surface area contributed by atoms with Gasteiger partial charge in [0.1, 0.15) is 18.1 Å². The Labute approximate surface area is 158 Å². The highest BCUT2D eigenvalue weighted by atomic mass is 16.5. The lowest BCUT2D eigenvalue weighted by Crippen LogP contribution is -2.34. The zero-order valence-corrected chi connectivity index (χ0v) is 15.1. The Hall–Kier alpha value is -2.80. The van der Waals surface area contributed by atoms with Gasteiger partial charge in [-0.25, -0.2) is 4.79 Å². The van der Waals surface area contributed by atoms with Crippen LogP contribution in [-0.4, -0.2) is 57.9 Å². The third-order valence-corrected chi connectivity index (χ3v) is 4.30. The molecule has 2 rings (SSSR count). The highest BCUT2D eigenvalue weighted by Gasteiger charge is 2.14. The van der Waals surface area contributed by atoms with Crippen LogP contribution in [-0.2, 0) is 9.59 Å². The van der Waals surface area contributed by atoms with Crippen LogP contribution in [0.25, 0.3) is 6.08 Å². The summed E-state index contributed by atoms with van der Waals surface area (Å²) < 4.78 is 5.36. The lowest BCUT2D eigenvalue weighted by atomic mass is 10.1. The maximum Gasteiger partial charge on any atom is 0.331 e. The molecule has 1 aromatic rings. The van der Waals surface area contributed by atoms with Gasteiger partial charge in [-0.2, -0.15) is 0 Å². The number of phenols is 1. The normalized spacial score (nSPS) is 15.5. The molecule has 0 aliphatic carbocycles. The van der Waals surface area contributed by atoms with E-state index in [4.69, 9.17) is 9.84 Å². The van der Waals surface area contributed by atoms with E-state index >= 15 is 0 Å². The lowest BCUT2D eigenvalue weighted by molar-refractivity contribution is -0.133. The Balaban J connectivity index is 1.89. The van der Waals surface area contributed by atoms with Gasteiger partial charge < -0.3 is 25.0 Å². The molecule has 1 aromatic carbocycles. The van der Waals surface area contributed by atoms with Gasteiger partial charge in [-0.1, -0.05) is 6.58 Å². The molecule has 1 heterocycles. The second kappa shape index (κ2) is 9.78. The third-order valence-electron chi connectivity index (χ3n) is 4.30. The molecule has 1 unspecified atom stereocenters. The van der Waals surface area contributed by atoms with Gasteiger partial charge in [-0.05, 0) is 37.5 Å². The number of nitrogens with zero attached hydrogens (tertiary/aromatic N) is 1. The quantitative estimate of drug-likeness (QED) is 0.601. The SMILES string of the molecule is C=C(CC(O)COc1ccc(C=CC(=O)N2CCCCC2)c(O)c1)C(=O)O. The molecular formula is C20H25NO6. The van der Waals surface area contributed by atoms with Crippen LogP contribution in [0.4, 0.5) is 0 Å². The summed E-state index contributed by atoms with van der Waals surface area (Å²) in [5, 5.41) is 28.6. The van der Waals surface area contributed by atoms with Crippen molar-refractivity contribution < 1.29 is 29.6 Å². The Bertz CT molecular complexity index is 721. The number of carboxylic acids is 1. The summed E-state index contributed by atoms with van der Waals surface area (Å²) in [6, 6.07) is 4.58. The van der Waals surface area contributed by atoms with E-state index in [1.807, 2.05) is 0 Å². The molecule has 7 heteroatoms. The number of piperidine rings is 1. The fraction of sp³-hybridized carbons (Fsp3) is 0.400. The molecule has 0 bridgehead atoms. The average Bonchev–Trinajstić information content (AvgIpc) is 2.66. The van der Waals surface area contributed by atoms with Gasteiger partial charge in [0.2, 0.25) is 5.91 Å². The van der Waals surface area contributed by atoms with Gasteiger partial charge in [0.25, 0.3) is 0 Å². The van der Waals surface area contributed by atoms with E-state index < -0.39 is 12.1 Å². The molecule has 7 nitrogen and oxygen atoms in total. The van der Waals surface area contributed by atoms with Crippen LogP contribution < -0.4 is 4.74 Å². The first-order valence-electron chi connectivity index (χ1n) is 8.88. The number of hydrogen-bond acceptors (Lipinski definition) is 5. The first-order chi connectivity index (χ1) is 12.9. The van der Waals surface area contributed by atoms with E-state index in [0.29, 0.717) is 11.3 Å². The zero-order chi connectivity index (χ0) is 19.8. The number of phenolic OH excluding ortho intramolecular Hbond substituents is 1.